The molecule has 2 atom stereocenters. The number of rotatable bonds is 2. The lowest BCUT2D eigenvalue weighted by Crippen LogP contribution is -2.53. The Kier molecular flexibility index (Phi) is 3.92. The highest BCUT2D eigenvalue weighted by atomic mass is 16.2. The van der Waals surface area contributed by atoms with E-state index in [0.29, 0.717) is 12.8 Å². The third kappa shape index (κ3) is 3.55. The van der Waals surface area contributed by atoms with Crippen molar-refractivity contribution in [1.82, 2.24) is 10.6 Å². The van der Waals surface area contributed by atoms with E-state index in [1.165, 1.54) is 0 Å². The van der Waals surface area contributed by atoms with Crippen molar-refractivity contribution >= 4 is 17.7 Å². The number of amides is 3. The zero-order chi connectivity index (χ0) is 14.0. The molecule has 1 saturated heterocycles. The molecule has 2 N–H and O–H groups in total. The van der Waals surface area contributed by atoms with Crippen LogP contribution in [0.25, 0.3) is 0 Å². The first-order valence-electron chi connectivity index (χ1n) is 7.01. The summed E-state index contributed by atoms with van der Waals surface area (Å²) in [7, 11) is 0. The quantitative estimate of drug-likeness (QED) is 0.736. The minimum absolute atomic E-state index is 0.00539. The summed E-state index contributed by atoms with van der Waals surface area (Å²) in [6.07, 6.45) is 4.67. The molecule has 0 aromatic rings. The molecule has 0 radical (unpaired) electrons. The Morgan fingerprint density at radius 3 is 2.68 bits per heavy atom. The first kappa shape index (κ1) is 14.0. The summed E-state index contributed by atoms with van der Waals surface area (Å²) in [5.74, 6) is -0.676. The van der Waals surface area contributed by atoms with Crippen LogP contribution in [0.2, 0.25) is 0 Å². The highest BCUT2D eigenvalue weighted by Crippen LogP contribution is 2.38. The molecule has 0 spiro atoms. The number of carbonyl (C=O) groups is 3. The Hall–Kier alpha value is -1.39. The number of imide groups is 1. The van der Waals surface area contributed by atoms with E-state index in [1.807, 2.05) is 0 Å². The fourth-order valence-electron chi connectivity index (χ4n) is 3.04. The van der Waals surface area contributed by atoms with Crippen molar-refractivity contribution in [3.8, 4) is 0 Å². The van der Waals surface area contributed by atoms with Crippen LogP contribution in [0.4, 0.5) is 0 Å². The maximum atomic E-state index is 12.2. The second kappa shape index (κ2) is 5.31. The van der Waals surface area contributed by atoms with Gasteiger partial charge in [-0.3, -0.25) is 19.7 Å². The first-order chi connectivity index (χ1) is 8.87. The summed E-state index contributed by atoms with van der Waals surface area (Å²) < 4.78 is 0. The largest absolute Gasteiger partial charge is 0.344 e. The Balaban J connectivity index is 1.90. The van der Waals surface area contributed by atoms with Crippen LogP contribution >= 0.6 is 0 Å². The lowest BCUT2D eigenvalue weighted by Gasteiger charge is -2.35. The third-order valence-corrected chi connectivity index (χ3v) is 4.13. The summed E-state index contributed by atoms with van der Waals surface area (Å²) in [4.78, 5) is 34.9. The lowest BCUT2D eigenvalue weighted by atomic mass is 9.72. The van der Waals surface area contributed by atoms with Crippen molar-refractivity contribution in [1.29, 1.82) is 0 Å². The smallest absolute Gasteiger partial charge is 0.249 e. The second-order valence-corrected chi connectivity index (χ2v) is 6.47. The maximum Gasteiger partial charge on any atom is 0.249 e. The van der Waals surface area contributed by atoms with Gasteiger partial charge in [0.05, 0.1) is 0 Å². The van der Waals surface area contributed by atoms with Crippen molar-refractivity contribution in [3.05, 3.63) is 0 Å². The van der Waals surface area contributed by atoms with Crippen LogP contribution in [0.3, 0.4) is 0 Å². The molecule has 106 valence electrons. The highest BCUT2D eigenvalue weighted by molar-refractivity contribution is 6.01. The third-order valence-electron chi connectivity index (χ3n) is 4.13. The van der Waals surface area contributed by atoms with Crippen LogP contribution in [-0.4, -0.2) is 23.8 Å². The summed E-state index contributed by atoms with van der Waals surface area (Å²) in [6, 6.07) is -0.546. The summed E-state index contributed by atoms with van der Waals surface area (Å²) in [6.45, 7) is 4.36. The normalized spacial score (nSPS) is 30.6. The highest BCUT2D eigenvalue weighted by Gasteiger charge is 2.34. The summed E-state index contributed by atoms with van der Waals surface area (Å²) >= 11 is 0. The van der Waals surface area contributed by atoms with Gasteiger partial charge in [0.25, 0.3) is 0 Å². The predicted molar refractivity (Wildman–Crippen MR) is 70.1 cm³/mol. The molecule has 0 aromatic carbocycles. The van der Waals surface area contributed by atoms with Gasteiger partial charge < -0.3 is 5.32 Å². The number of nitrogens with one attached hydrogen (secondary N) is 2. The number of hydrogen-bond donors (Lipinski definition) is 2. The average Bonchev–Trinajstić information content (AvgIpc) is 2.31. The van der Waals surface area contributed by atoms with Crippen LogP contribution in [-0.2, 0) is 14.4 Å². The van der Waals surface area contributed by atoms with Gasteiger partial charge >= 0.3 is 0 Å². The summed E-state index contributed by atoms with van der Waals surface area (Å²) in [5.41, 5.74) is 0.199. The van der Waals surface area contributed by atoms with E-state index in [-0.39, 0.29) is 29.1 Å². The average molecular weight is 266 g/mol. The molecule has 0 aromatic heterocycles. The molecule has 5 heteroatoms. The molecule has 5 nitrogen and oxygen atoms in total. The Morgan fingerprint density at radius 2 is 2.05 bits per heavy atom. The molecule has 2 unspecified atom stereocenters. The van der Waals surface area contributed by atoms with Crippen LogP contribution in [0.1, 0.15) is 52.4 Å². The number of piperidine rings is 1. The van der Waals surface area contributed by atoms with Gasteiger partial charge in [-0.15, -0.1) is 0 Å². The van der Waals surface area contributed by atoms with Gasteiger partial charge in [-0.2, -0.15) is 0 Å². The zero-order valence-electron chi connectivity index (χ0n) is 11.6. The van der Waals surface area contributed by atoms with Crippen LogP contribution in [0.5, 0.6) is 0 Å². The van der Waals surface area contributed by atoms with Crippen molar-refractivity contribution < 1.29 is 14.4 Å². The maximum absolute atomic E-state index is 12.2. The van der Waals surface area contributed by atoms with Crippen molar-refractivity contribution in [2.24, 2.45) is 11.3 Å². The molecule has 1 aliphatic carbocycles. The fraction of sp³-hybridized carbons (Fsp3) is 0.786. The Bertz CT molecular complexity index is 403. The number of hydrogen-bond acceptors (Lipinski definition) is 3. The number of carbonyl (C=O) groups excluding carboxylic acids is 3. The van der Waals surface area contributed by atoms with E-state index in [4.69, 9.17) is 0 Å². The molecule has 2 fully saturated rings. The van der Waals surface area contributed by atoms with E-state index in [0.717, 1.165) is 25.7 Å². The SMILES string of the molecule is CC1(C)CCCC(C(=O)NC2CCC(=O)NC2=O)C1. The van der Waals surface area contributed by atoms with Crippen molar-refractivity contribution in [2.45, 2.75) is 58.4 Å². The van der Waals surface area contributed by atoms with E-state index >= 15 is 0 Å². The fourth-order valence-corrected chi connectivity index (χ4v) is 3.04. The van der Waals surface area contributed by atoms with E-state index in [2.05, 4.69) is 24.5 Å². The monoisotopic (exact) mass is 266 g/mol. The minimum atomic E-state index is -0.546. The van der Waals surface area contributed by atoms with Gasteiger partial charge in [0.2, 0.25) is 17.7 Å². The lowest BCUT2D eigenvalue weighted by molar-refractivity contribution is -0.138. The molecular formula is C14H22N2O3. The Morgan fingerprint density at radius 1 is 1.32 bits per heavy atom. The molecule has 2 rings (SSSR count). The zero-order valence-corrected chi connectivity index (χ0v) is 11.6. The molecule has 1 aliphatic heterocycles. The van der Waals surface area contributed by atoms with Crippen LogP contribution in [0, 0.1) is 11.3 Å². The Labute approximate surface area is 113 Å². The first-order valence-corrected chi connectivity index (χ1v) is 7.01. The van der Waals surface area contributed by atoms with E-state index < -0.39 is 6.04 Å². The molecule has 19 heavy (non-hydrogen) atoms. The minimum Gasteiger partial charge on any atom is -0.344 e. The van der Waals surface area contributed by atoms with Gasteiger partial charge in [0.1, 0.15) is 6.04 Å². The second-order valence-electron chi connectivity index (χ2n) is 6.47. The topological polar surface area (TPSA) is 75.3 Å². The molecule has 1 heterocycles. The van der Waals surface area contributed by atoms with Gasteiger partial charge in [0, 0.05) is 12.3 Å². The molecule has 0 bridgehead atoms. The molecule has 3 amide bonds. The standard InChI is InChI=1S/C14H22N2O3/c1-14(2)7-3-4-9(8-14)12(18)15-10-5-6-11(17)16-13(10)19/h9-10H,3-8H2,1-2H3,(H,15,18)(H,16,17,19). The predicted octanol–water partition coefficient (Wildman–Crippen LogP) is 1.12. The van der Waals surface area contributed by atoms with Crippen molar-refractivity contribution in [2.75, 3.05) is 0 Å². The summed E-state index contributed by atoms with van der Waals surface area (Å²) in [5, 5.41) is 5.05. The van der Waals surface area contributed by atoms with Gasteiger partial charge in [-0.1, -0.05) is 20.3 Å². The van der Waals surface area contributed by atoms with Gasteiger partial charge in [-0.25, -0.2) is 0 Å². The van der Waals surface area contributed by atoms with Crippen molar-refractivity contribution in [3.63, 3.8) is 0 Å². The van der Waals surface area contributed by atoms with Gasteiger partial charge in [0.15, 0.2) is 0 Å². The van der Waals surface area contributed by atoms with Crippen LogP contribution < -0.4 is 10.6 Å². The van der Waals surface area contributed by atoms with E-state index in [1.54, 1.807) is 0 Å². The van der Waals surface area contributed by atoms with E-state index in [9.17, 15) is 14.4 Å². The molecular weight excluding hydrogens is 244 g/mol. The molecule has 1 saturated carbocycles. The molecule has 2 aliphatic rings. The van der Waals surface area contributed by atoms with Gasteiger partial charge in [-0.05, 0) is 31.1 Å². The van der Waals surface area contributed by atoms with Crippen LogP contribution in [0.15, 0.2) is 0 Å².